The van der Waals surface area contributed by atoms with E-state index in [0.29, 0.717) is 11.7 Å². The molecule has 1 atom stereocenters. The molecule has 1 saturated heterocycles. The maximum Gasteiger partial charge on any atom is 0.274 e. The molecule has 0 N–H and O–H groups in total. The summed E-state index contributed by atoms with van der Waals surface area (Å²) in [6, 6.07) is 2.17. The van der Waals surface area contributed by atoms with Crippen molar-refractivity contribution in [3.63, 3.8) is 0 Å². The van der Waals surface area contributed by atoms with E-state index in [1.54, 1.807) is 4.68 Å². The third-order valence-corrected chi connectivity index (χ3v) is 4.32. The molecule has 21 heavy (non-hydrogen) atoms. The van der Waals surface area contributed by atoms with Gasteiger partial charge in [-0.15, -0.1) is 0 Å². The molecule has 0 saturated carbocycles. The normalized spacial score (nSPS) is 18.5. The van der Waals surface area contributed by atoms with Gasteiger partial charge in [0.25, 0.3) is 5.91 Å². The molecule has 6 heteroatoms. The molecule has 0 aliphatic carbocycles. The van der Waals surface area contributed by atoms with Crippen molar-refractivity contribution in [3.8, 4) is 0 Å². The van der Waals surface area contributed by atoms with Gasteiger partial charge < -0.3 is 9.47 Å². The quantitative estimate of drug-likeness (QED) is 0.843. The minimum atomic E-state index is 0.0246. The monoisotopic (exact) mass is 287 g/mol. The van der Waals surface area contributed by atoms with E-state index < -0.39 is 0 Å². The Bertz CT molecular complexity index is 645. The highest BCUT2D eigenvalue weighted by Crippen LogP contribution is 2.25. The second-order valence-electron chi connectivity index (χ2n) is 5.81. The van der Waals surface area contributed by atoms with Crippen molar-refractivity contribution in [2.45, 2.75) is 33.2 Å². The molecule has 1 unspecified atom stereocenters. The summed E-state index contributed by atoms with van der Waals surface area (Å²) in [6.45, 7) is 7.53. The second-order valence-corrected chi connectivity index (χ2v) is 5.81. The fourth-order valence-electron chi connectivity index (χ4n) is 3.08. The van der Waals surface area contributed by atoms with E-state index in [0.717, 1.165) is 36.7 Å². The van der Waals surface area contributed by atoms with Crippen LogP contribution in [0.2, 0.25) is 0 Å². The van der Waals surface area contributed by atoms with Gasteiger partial charge in [0.2, 0.25) is 0 Å². The SMILES string of the molecule is Cc1cc(C(=O)N2CCC(n3c(C)cnc3C)C2)nn1C. The van der Waals surface area contributed by atoms with E-state index in [2.05, 4.69) is 21.6 Å². The molecule has 2 aromatic heterocycles. The van der Waals surface area contributed by atoms with Gasteiger partial charge in [-0.3, -0.25) is 9.48 Å². The van der Waals surface area contributed by atoms with E-state index in [1.165, 1.54) is 0 Å². The predicted molar refractivity (Wildman–Crippen MR) is 79.2 cm³/mol. The second kappa shape index (κ2) is 5.02. The molecular formula is C15H21N5O. The Labute approximate surface area is 124 Å². The lowest BCUT2D eigenvalue weighted by Gasteiger charge is -2.18. The topological polar surface area (TPSA) is 56.0 Å². The fourth-order valence-corrected chi connectivity index (χ4v) is 3.08. The van der Waals surface area contributed by atoms with Gasteiger partial charge in [-0.25, -0.2) is 4.98 Å². The van der Waals surface area contributed by atoms with Gasteiger partial charge >= 0.3 is 0 Å². The molecule has 0 aromatic carbocycles. The van der Waals surface area contributed by atoms with Gasteiger partial charge in [0, 0.05) is 37.7 Å². The van der Waals surface area contributed by atoms with Crippen LogP contribution in [0, 0.1) is 20.8 Å². The first kappa shape index (κ1) is 13.9. The van der Waals surface area contributed by atoms with Gasteiger partial charge in [-0.05, 0) is 33.3 Å². The summed E-state index contributed by atoms with van der Waals surface area (Å²) in [4.78, 5) is 18.8. The summed E-state index contributed by atoms with van der Waals surface area (Å²) in [6.07, 6.45) is 2.86. The van der Waals surface area contributed by atoms with Gasteiger partial charge in [0.15, 0.2) is 5.69 Å². The minimum absolute atomic E-state index is 0.0246. The summed E-state index contributed by atoms with van der Waals surface area (Å²) < 4.78 is 3.97. The Morgan fingerprint density at radius 1 is 1.29 bits per heavy atom. The lowest BCUT2D eigenvalue weighted by atomic mass is 10.2. The molecule has 2 aromatic rings. The number of carbonyl (C=O) groups is 1. The summed E-state index contributed by atoms with van der Waals surface area (Å²) in [5.74, 6) is 1.04. The third kappa shape index (κ3) is 2.34. The maximum absolute atomic E-state index is 12.5. The van der Waals surface area contributed by atoms with Crippen LogP contribution in [0.15, 0.2) is 12.3 Å². The van der Waals surface area contributed by atoms with Crippen molar-refractivity contribution in [1.82, 2.24) is 24.2 Å². The molecule has 1 amide bonds. The molecule has 1 aliphatic rings. The number of amides is 1. The zero-order chi connectivity index (χ0) is 15.1. The van der Waals surface area contributed by atoms with Crippen molar-refractivity contribution < 1.29 is 4.79 Å². The van der Waals surface area contributed by atoms with Crippen LogP contribution < -0.4 is 0 Å². The Morgan fingerprint density at radius 2 is 2.05 bits per heavy atom. The van der Waals surface area contributed by atoms with Crippen molar-refractivity contribution in [2.75, 3.05) is 13.1 Å². The molecule has 3 heterocycles. The van der Waals surface area contributed by atoms with E-state index >= 15 is 0 Å². The van der Waals surface area contributed by atoms with Crippen LogP contribution in [0.3, 0.4) is 0 Å². The first-order valence-electron chi connectivity index (χ1n) is 7.27. The lowest BCUT2D eigenvalue weighted by molar-refractivity contribution is 0.0781. The number of hydrogen-bond donors (Lipinski definition) is 0. The number of likely N-dealkylation sites (tertiary alicyclic amines) is 1. The van der Waals surface area contributed by atoms with Crippen molar-refractivity contribution >= 4 is 5.91 Å². The number of aromatic nitrogens is 4. The zero-order valence-corrected chi connectivity index (χ0v) is 13.0. The summed E-state index contributed by atoms with van der Waals surface area (Å²) >= 11 is 0. The molecule has 0 radical (unpaired) electrons. The highest BCUT2D eigenvalue weighted by atomic mass is 16.2. The van der Waals surface area contributed by atoms with Crippen LogP contribution in [0.5, 0.6) is 0 Å². The highest BCUT2D eigenvalue weighted by molar-refractivity contribution is 5.92. The summed E-state index contributed by atoms with van der Waals surface area (Å²) in [5.41, 5.74) is 2.69. The van der Waals surface area contributed by atoms with Crippen LogP contribution in [0.4, 0.5) is 0 Å². The van der Waals surface area contributed by atoms with Crippen LogP contribution in [-0.2, 0) is 7.05 Å². The van der Waals surface area contributed by atoms with Crippen LogP contribution in [0.25, 0.3) is 0 Å². The van der Waals surface area contributed by atoms with Gasteiger partial charge in [0.05, 0.1) is 6.04 Å². The molecular weight excluding hydrogens is 266 g/mol. The number of imidazole rings is 1. The number of hydrogen-bond acceptors (Lipinski definition) is 3. The molecule has 0 spiro atoms. The van der Waals surface area contributed by atoms with Crippen LogP contribution in [0.1, 0.15) is 40.2 Å². The van der Waals surface area contributed by atoms with E-state index in [9.17, 15) is 4.79 Å². The number of nitrogens with zero attached hydrogens (tertiary/aromatic N) is 5. The smallest absolute Gasteiger partial charge is 0.274 e. The van der Waals surface area contributed by atoms with Gasteiger partial charge in [-0.1, -0.05) is 0 Å². The van der Waals surface area contributed by atoms with Gasteiger partial charge in [0.1, 0.15) is 5.82 Å². The molecule has 3 rings (SSSR count). The molecule has 1 aliphatic heterocycles. The van der Waals surface area contributed by atoms with Crippen LogP contribution in [-0.4, -0.2) is 43.2 Å². The van der Waals surface area contributed by atoms with Gasteiger partial charge in [-0.2, -0.15) is 5.10 Å². The van der Waals surface area contributed by atoms with E-state index in [4.69, 9.17) is 0 Å². The van der Waals surface area contributed by atoms with Crippen molar-refractivity contribution in [1.29, 1.82) is 0 Å². The third-order valence-electron chi connectivity index (χ3n) is 4.32. The summed E-state index contributed by atoms with van der Waals surface area (Å²) in [5, 5.41) is 4.28. The lowest BCUT2D eigenvalue weighted by Crippen LogP contribution is -2.29. The maximum atomic E-state index is 12.5. The van der Waals surface area contributed by atoms with E-state index in [-0.39, 0.29) is 5.91 Å². The van der Waals surface area contributed by atoms with Crippen LogP contribution >= 0.6 is 0 Å². The number of rotatable bonds is 2. The average molecular weight is 287 g/mol. The fraction of sp³-hybridized carbons (Fsp3) is 0.533. The predicted octanol–water partition coefficient (Wildman–Crippen LogP) is 1.63. The Hall–Kier alpha value is -2.11. The first-order chi connectivity index (χ1) is 9.97. The molecule has 1 fully saturated rings. The highest BCUT2D eigenvalue weighted by Gasteiger charge is 2.30. The molecule has 112 valence electrons. The Morgan fingerprint density at radius 3 is 2.62 bits per heavy atom. The molecule has 6 nitrogen and oxygen atoms in total. The summed E-state index contributed by atoms with van der Waals surface area (Å²) in [7, 11) is 1.86. The largest absolute Gasteiger partial charge is 0.335 e. The van der Waals surface area contributed by atoms with Crippen molar-refractivity contribution in [2.24, 2.45) is 7.05 Å². The average Bonchev–Trinajstić information content (AvgIpc) is 3.11. The first-order valence-corrected chi connectivity index (χ1v) is 7.27. The van der Waals surface area contributed by atoms with E-state index in [1.807, 2.05) is 38.1 Å². The number of carbonyl (C=O) groups excluding carboxylic acids is 1. The Kier molecular flexibility index (Phi) is 3.31. The zero-order valence-electron chi connectivity index (χ0n) is 13.0. The standard InChI is InChI=1S/C15H21N5O/c1-10-7-14(17-18(10)4)15(21)19-6-5-13(9-19)20-11(2)8-16-12(20)3/h7-8,13H,5-6,9H2,1-4H3. The number of aryl methyl sites for hydroxylation is 4. The minimum Gasteiger partial charge on any atom is -0.335 e. The Balaban J connectivity index is 1.77. The van der Waals surface area contributed by atoms with Crippen molar-refractivity contribution in [3.05, 3.63) is 35.2 Å². The molecule has 0 bridgehead atoms.